The number of carboxylic acids is 1. The van der Waals surface area contributed by atoms with Crippen LogP contribution in [0, 0.1) is 0 Å². The van der Waals surface area contributed by atoms with Crippen molar-refractivity contribution in [1.82, 2.24) is 25.1 Å². The Labute approximate surface area is 103 Å². The molecule has 0 aliphatic heterocycles. The van der Waals surface area contributed by atoms with Crippen molar-refractivity contribution in [2.45, 2.75) is 32.7 Å². The summed E-state index contributed by atoms with van der Waals surface area (Å²) in [4.78, 5) is 14.7. The van der Waals surface area contributed by atoms with Crippen molar-refractivity contribution < 1.29 is 14.4 Å². The van der Waals surface area contributed by atoms with E-state index in [0.29, 0.717) is 24.0 Å². The Morgan fingerprint density at radius 2 is 2.39 bits per heavy atom. The first kappa shape index (κ1) is 12.2. The first-order valence-electron chi connectivity index (χ1n) is 5.59. The first-order chi connectivity index (χ1) is 8.67. The van der Waals surface area contributed by atoms with Crippen molar-refractivity contribution in [2.75, 3.05) is 0 Å². The van der Waals surface area contributed by atoms with Crippen molar-refractivity contribution in [3.8, 4) is 0 Å². The number of aromatic nitrogens is 5. The standard InChI is InChI=1S/C10H13N5O3/c1-2-3-8-11-9(18-13-8)6-15-5-7(12-14-15)4-10(16)17/h5H,2-4,6H2,1H3,(H,16,17). The van der Waals surface area contributed by atoms with Gasteiger partial charge in [0.05, 0.1) is 12.1 Å². The highest BCUT2D eigenvalue weighted by molar-refractivity contribution is 5.69. The molecule has 0 aromatic carbocycles. The Morgan fingerprint density at radius 1 is 1.56 bits per heavy atom. The minimum absolute atomic E-state index is 0.148. The molecule has 0 radical (unpaired) electrons. The average molecular weight is 251 g/mol. The molecule has 1 N–H and O–H groups in total. The lowest BCUT2D eigenvalue weighted by atomic mass is 10.3. The average Bonchev–Trinajstić information content (AvgIpc) is 2.89. The van der Waals surface area contributed by atoms with E-state index in [4.69, 9.17) is 9.63 Å². The molecule has 2 aromatic heterocycles. The number of hydrogen-bond acceptors (Lipinski definition) is 6. The summed E-state index contributed by atoms with van der Waals surface area (Å²) in [6.45, 7) is 2.33. The molecular weight excluding hydrogens is 238 g/mol. The van der Waals surface area contributed by atoms with Crippen LogP contribution in [0.2, 0.25) is 0 Å². The third-order valence-electron chi connectivity index (χ3n) is 2.20. The van der Waals surface area contributed by atoms with Crippen LogP contribution in [0.5, 0.6) is 0 Å². The van der Waals surface area contributed by atoms with Crippen LogP contribution in [-0.4, -0.2) is 36.2 Å². The zero-order valence-electron chi connectivity index (χ0n) is 9.91. The van der Waals surface area contributed by atoms with E-state index in [1.165, 1.54) is 4.68 Å². The van der Waals surface area contributed by atoms with E-state index >= 15 is 0 Å². The van der Waals surface area contributed by atoms with Gasteiger partial charge in [-0.25, -0.2) is 4.68 Å². The number of carboxylic acid groups (broad SMARTS) is 1. The summed E-state index contributed by atoms with van der Waals surface area (Å²) >= 11 is 0. The molecule has 18 heavy (non-hydrogen) atoms. The molecule has 0 bridgehead atoms. The molecular formula is C10H13N5O3. The monoisotopic (exact) mass is 251 g/mol. The number of carbonyl (C=O) groups is 1. The van der Waals surface area contributed by atoms with E-state index in [9.17, 15) is 4.79 Å². The fraction of sp³-hybridized carbons (Fsp3) is 0.500. The molecule has 0 aliphatic rings. The van der Waals surface area contributed by atoms with Gasteiger partial charge in [-0.3, -0.25) is 4.79 Å². The van der Waals surface area contributed by atoms with Crippen LogP contribution in [-0.2, 0) is 24.2 Å². The Balaban J connectivity index is 1.99. The Bertz CT molecular complexity index is 533. The third kappa shape index (κ3) is 3.12. The molecule has 2 heterocycles. The molecule has 96 valence electrons. The predicted molar refractivity (Wildman–Crippen MR) is 58.8 cm³/mol. The van der Waals surface area contributed by atoms with Crippen molar-refractivity contribution in [1.29, 1.82) is 0 Å². The van der Waals surface area contributed by atoms with Gasteiger partial charge in [0.25, 0.3) is 0 Å². The molecule has 0 aliphatic carbocycles. The summed E-state index contributed by atoms with van der Waals surface area (Å²) in [5, 5.41) is 20.0. The molecule has 0 amide bonds. The molecule has 0 saturated carbocycles. The summed E-state index contributed by atoms with van der Waals surface area (Å²) in [5.41, 5.74) is 0.399. The maximum Gasteiger partial charge on any atom is 0.309 e. The van der Waals surface area contributed by atoms with Gasteiger partial charge in [0.2, 0.25) is 5.89 Å². The van der Waals surface area contributed by atoms with E-state index < -0.39 is 5.97 Å². The number of aryl methyl sites for hydroxylation is 1. The summed E-state index contributed by atoms with van der Waals surface area (Å²) in [5.74, 6) is 0.161. The first-order valence-corrected chi connectivity index (χ1v) is 5.59. The van der Waals surface area contributed by atoms with Gasteiger partial charge in [-0.15, -0.1) is 5.10 Å². The molecule has 8 heteroatoms. The zero-order valence-corrected chi connectivity index (χ0v) is 9.91. The SMILES string of the molecule is CCCc1noc(Cn2cc(CC(=O)O)nn2)n1. The Kier molecular flexibility index (Phi) is 3.66. The number of nitrogens with zero attached hydrogens (tertiary/aromatic N) is 5. The van der Waals surface area contributed by atoms with Gasteiger partial charge in [-0.1, -0.05) is 17.3 Å². The third-order valence-corrected chi connectivity index (χ3v) is 2.20. The lowest BCUT2D eigenvalue weighted by Gasteiger charge is -1.92. The van der Waals surface area contributed by atoms with Crippen molar-refractivity contribution in [2.24, 2.45) is 0 Å². The van der Waals surface area contributed by atoms with Crippen molar-refractivity contribution >= 4 is 5.97 Å². The van der Waals surface area contributed by atoms with E-state index in [-0.39, 0.29) is 6.42 Å². The second kappa shape index (κ2) is 5.39. The quantitative estimate of drug-likeness (QED) is 0.786. The maximum atomic E-state index is 10.5. The normalized spacial score (nSPS) is 10.7. The van der Waals surface area contributed by atoms with Gasteiger partial charge in [0.15, 0.2) is 5.82 Å². The van der Waals surface area contributed by atoms with E-state index in [0.717, 1.165) is 12.8 Å². The smallest absolute Gasteiger partial charge is 0.309 e. The van der Waals surface area contributed by atoms with Gasteiger partial charge in [0.1, 0.15) is 6.54 Å². The number of aliphatic carboxylic acids is 1. The second-order valence-corrected chi connectivity index (χ2v) is 3.83. The van der Waals surface area contributed by atoms with Crippen molar-refractivity contribution in [3.63, 3.8) is 0 Å². The van der Waals surface area contributed by atoms with E-state index in [1.807, 2.05) is 6.92 Å². The number of rotatable bonds is 6. The Morgan fingerprint density at radius 3 is 3.11 bits per heavy atom. The Hall–Kier alpha value is -2.25. The van der Waals surface area contributed by atoms with Gasteiger partial charge in [0, 0.05) is 12.6 Å². The summed E-state index contributed by atoms with van der Waals surface area (Å²) in [6.07, 6.45) is 3.12. The van der Waals surface area contributed by atoms with Gasteiger partial charge in [-0.2, -0.15) is 4.98 Å². The van der Waals surface area contributed by atoms with E-state index in [2.05, 4.69) is 20.5 Å². The molecule has 2 aromatic rings. The lowest BCUT2D eigenvalue weighted by molar-refractivity contribution is -0.136. The molecule has 0 saturated heterocycles. The van der Waals surface area contributed by atoms with Crippen LogP contribution in [0.3, 0.4) is 0 Å². The highest BCUT2D eigenvalue weighted by Gasteiger charge is 2.09. The van der Waals surface area contributed by atoms with Crippen LogP contribution in [0.25, 0.3) is 0 Å². The summed E-state index contributed by atoms with van der Waals surface area (Å²) in [7, 11) is 0. The minimum atomic E-state index is -0.940. The topological polar surface area (TPSA) is 107 Å². The molecule has 0 unspecified atom stereocenters. The van der Waals surface area contributed by atoms with Gasteiger partial charge in [-0.05, 0) is 6.42 Å². The summed E-state index contributed by atoms with van der Waals surface area (Å²) < 4.78 is 6.52. The van der Waals surface area contributed by atoms with Crippen LogP contribution in [0.4, 0.5) is 0 Å². The molecule has 0 fully saturated rings. The second-order valence-electron chi connectivity index (χ2n) is 3.83. The van der Waals surface area contributed by atoms with Crippen LogP contribution in [0.15, 0.2) is 10.7 Å². The molecule has 0 spiro atoms. The van der Waals surface area contributed by atoms with Crippen LogP contribution < -0.4 is 0 Å². The molecule has 2 rings (SSSR count). The maximum absolute atomic E-state index is 10.5. The zero-order chi connectivity index (χ0) is 13.0. The van der Waals surface area contributed by atoms with Gasteiger partial charge >= 0.3 is 5.97 Å². The van der Waals surface area contributed by atoms with Crippen molar-refractivity contribution in [3.05, 3.63) is 23.6 Å². The molecule has 0 atom stereocenters. The van der Waals surface area contributed by atoms with Gasteiger partial charge < -0.3 is 9.63 Å². The largest absolute Gasteiger partial charge is 0.481 e. The lowest BCUT2D eigenvalue weighted by Crippen LogP contribution is -2.01. The fourth-order valence-electron chi connectivity index (χ4n) is 1.47. The predicted octanol–water partition coefficient (Wildman–Crippen LogP) is 0.289. The molecule has 8 nitrogen and oxygen atoms in total. The van der Waals surface area contributed by atoms with Crippen LogP contribution >= 0.6 is 0 Å². The van der Waals surface area contributed by atoms with Crippen LogP contribution in [0.1, 0.15) is 30.8 Å². The highest BCUT2D eigenvalue weighted by atomic mass is 16.5. The fourth-order valence-corrected chi connectivity index (χ4v) is 1.47. The number of hydrogen-bond donors (Lipinski definition) is 1. The summed E-state index contributed by atoms with van der Waals surface area (Å²) in [6, 6.07) is 0. The minimum Gasteiger partial charge on any atom is -0.481 e. The highest BCUT2D eigenvalue weighted by Crippen LogP contribution is 2.03. The van der Waals surface area contributed by atoms with E-state index in [1.54, 1.807) is 6.20 Å².